The number of fused-ring (bicyclic) bond motifs is 1. The van der Waals surface area contributed by atoms with Crippen LogP contribution in [0.4, 0.5) is 10.5 Å². The first-order chi connectivity index (χ1) is 16.3. The number of aryl methyl sites for hydroxylation is 1. The highest BCUT2D eigenvalue weighted by Crippen LogP contribution is 2.43. The predicted molar refractivity (Wildman–Crippen MR) is 133 cm³/mol. The van der Waals surface area contributed by atoms with Gasteiger partial charge in [0.05, 0.1) is 37.5 Å². The standard InChI is InChI=1S/C22H32N4O7S2/c1-16-6-7-19-20(26(16)22(27)32-3)9-8-18(21(19)33-12-10-24(2)35(5,30)31)17-14-23-25(15-17)11-13-34(4,28)29/h8-9,14-16H,6-7,10-13H2,1-5H3/t16-/m0/s1. The summed E-state index contributed by atoms with van der Waals surface area (Å²) in [7, 11) is -3.69. The van der Waals surface area contributed by atoms with Crippen LogP contribution in [0.3, 0.4) is 0 Å². The molecule has 0 fully saturated rings. The van der Waals surface area contributed by atoms with Gasteiger partial charge in [0.1, 0.15) is 22.2 Å². The fourth-order valence-electron chi connectivity index (χ4n) is 3.90. The molecule has 194 valence electrons. The fourth-order valence-corrected chi connectivity index (χ4v) is 4.82. The zero-order valence-corrected chi connectivity index (χ0v) is 22.2. The van der Waals surface area contributed by atoms with E-state index in [1.165, 1.54) is 24.7 Å². The Morgan fingerprint density at radius 3 is 2.57 bits per heavy atom. The Kier molecular flexibility index (Phi) is 8.12. The molecule has 2 heterocycles. The molecule has 1 amide bonds. The van der Waals surface area contributed by atoms with Crippen LogP contribution in [-0.4, -0.2) is 88.6 Å². The first-order valence-electron chi connectivity index (χ1n) is 11.1. The van der Waals surface area contributed by atoms with E-state index in [9.17, 15) is 21.6 Å². The monoisotopic (exact) mass is 528 g/mol. The molecule has 11 nitrogen and oxygen atoms in total. The highest BCUT2D eigenvalue weighted by atomic mass is 32.2. The first-order valence-corrected chi connectivity index (χ1v) is 15.0. The summed E-state index contributed by atoms with van der Waals surface area (Å²) in [4.78, 5) is 14.1. The van der Waals surface area contributed by atoms with Crippen molar-refractivity contribution in [2.75, 3.05) is 50.5 Å². The number of rotatable bonds is 9. The minimum absolute atomic E-state index is 0.0362. The quantitative estimate of drug-likeness (QED) is 0.482. The number of aromatic nitrogens is 2. The third-order valence-electron chi connectivity index (χ3n) is 5.97. The lowest BCUT2D eigenvalue weighted by Crippen LogP contribution is -2.42. The molecule has 1 atom stereocenters. The van der Waals surface area contributed by atoms with E-state index in [4.69, 9.17) is 9.47 Å². The van der Waals surface area contributed by atoms with Crippen LogP contribution in [0.15, 0.2) is 24.5 Å². The zero-order chi connectivity index (χ0) is 26.0. The number of carbonyl (C=O) groups excluding carboxylic acids is 1. The Bertz CT molecular complexity index is 1290. The molecule has 0 bridgehead atoms. The van der Waals surface area contributed by atoms with Gasteiger partial charge in [-0.3, -0.25) is 9.58 Å². The minimum Gasteiger partial charge on any atom is -0.491 e. The van der Waals surface area contributed by atoms with Gasteiger partial charge < -0.3 is 9.47 Å². The number of sulfonamides is 1. The van der Waals surface area contributed by atoms with Crippen molar-refractivity contribution in [3.63, 3.8) is 0 Å². The van der Waals surface area contributed by atoms with Crippen LogP contribution < -0.4 is 9.64 Å². The van der Waals surface area contributed by atoms with Gasteiger partial charge in [0.25, 0.3) is 0 Å². The molecule has 3 rings (SSSR count). The number of amides is 1. The highest BCUT2D eigenvalue weighted by molar-refractivity contribution is 7.90. The number of hydrogen-bond donors (Lipinski definition) is 0. The van der Waals surface area contributed by atoms with E-state index in [-0.39, 0.29) is 31.5 Å². The molecule has 0 saturated carbocycles. The summed E-state index contributed by atoms with van der Waals surface area (Å²) in [6.07, 6.45) is 6.55. The van der Waals surface area contributed by atoms with Crippen molar-refractivity contribution < 1.29 is 31.1 Å². The molecule has 13 heteroatoms. The number of ether oxygens (including phenoxy) is 2. The number of benzene rings is 1. The minimum atomic E-state index is -3.36. The van der Waals surface area contributed by atoms with E-state index in [1.807, 2.05) is 19.1 Å². The van der Waals surface area contributed by atoms with Gasteiger partial charge in [-0.05, 0) is 31.9 Å². The van der Waals surface area contributed by atoms with Crippen molar-refractivity contribution in [2.45, 2.75) is 32.4 Å². The fraction of sp³-hybridized carbons (Fsp3) is 0.545. The van der Waals surface area contributed by atoms with Crippen molar-refractivity contribution in [3.05, 3.63) is 30.1 Å². The van der Waals surface area contributed by atoms with Gasteiger partial charge in [-0.15, -0.1) is 0 Å². The second kappa shape index (κ2) is 10.5. The number of methoxy groups -OCH3 is 1. The molecule has 0 aliphatic carbocycles. The average molecular weight is 529 g/mol. The molecule has 1 aromatic carbocycles. The topological polar surface area (TPSA) is 128 Å². The van der Waals surface area contributed by atoms with Gasteiger partial charge in [0.2, 0.25) is 10.0 Å². The SMILES string of the molecule is COC(=O)N1c2ccc(-c3cnn(CCS(C)(=O)=O)c3)c(OCCN(C)S(C)(=O)=O)c2CC[C@@H]1C. The van der Waals surface area contributed by atoms with Crippen LogP contribution in [0.25, 0.3) is 11.1 Å². The van der Waals surface area contributed by atoms with Crippen molar-refractivity contribution in [3.8, 4) is 16.9 Å². The van der Waals surface area contributed by atoms with Gasteiger partial charge in [0, 0.05) is 48.8 Å². The molecule has 0 unspecified atom stereocenters. The van der Waals surface area contributed by atoms with Crippen LogP contribution in [0.1, 0.15) is 18.9 Å². The van der Waals surface area contributed by atoms with Gasteiger partial charge in [-0.25, -0.2) is 25.9 Å². The van der Waals surface area contributed by atoms with Crippen molar-refractivity contribution in [2.24, 2.45) is 0 Å². The summed E-state index contributed by atoms with van der Waals surface area (Å²) in [5, 5.41) is 4.28. The van der Waals surface area contributed by atoms with Crippen LogP contribution >= 0.6 is 0 Å². The zero-order valence-electron chi connectivity index (χ0n) is 20.6. The number of likely N-dealkylation sites (N-methyl/N-ethyl adjacent to an activating group) is 1. The molecule has 2 aromatic rings. The lowest BCUT2D eigenvalue weighted by atomic mass is 9.92. The molecule has 1 aliphatic rings. The van der Waals surface area contributed by atoms with E-state index in [0.29, 0.717) is 24.3 Å². The third-order valence-corrected chi connectivity index (χ3v) is 8.21. The summed E-state index contributed by atoms with van der Waals surface area (Å²) >= 11 is 0. The van der Waals surface area contributed by atoms with Crippen molar-refractivity contribution in [1.82, 2.24) is 14.1 Å². The molecule has 1 aromatic heterocycles. The Morgan fingerprint density at radius 1 is 1.23 bits per heavy atom. The molecule has 0 spiro atoms. The first kappa shape index (κ1) is 27.0. The number of sulfone groups is 1. The average Bonchev–Trinajstić information content (AvgIpc) is 3.24. The highest BCUT2D eigenvalue weighted by Gasteiger charge is 2.32. The Labute approximate surface area is 206 Å². The summed E-state index contributed by atoms with van der Waals surface area (Å²) in [6, 6.07) is 3.59. The van der Waals surface area contributed by atoms with Gasteiger partial charge in [-0.2, -0.15) is 5.10 Å². The predicted octanol–water partition coefficient (Wildman–Crippen LogP) is 1.77. The Hall–Kier alpha value is -2.64. The lowest BCUT2D eigenvalue weighted by molar-refractivity contribution is 0.175. The summed E-state index contributed by atoms with van der Waals surface area (Å²) < 4.78 is 60.5. The van der Waals surface area contributed by atoms with Gasteiger partial charge >= 0.3 is 6.09 Å². The van der Waals surface area contributed by atoms with E-state index in [0.717, 1.165) is 22.9 Å². The van der Waals surface area contributed by atoms with Crippen LogP contribution in [0.5, 0.6) is 5.75 Å². The van der Waals surface area contributed by atoms with E-state index in [1.54, 1.807) is 22.0 Å². The van der Waals surface area contributed by atoms with Gasteiger partial charge in [-0.1, -0.05) is 0 Å². The van der Waals surface area contributed by atoms with E-state index >= 15 is 0 Å². The molecule has 35 heavy (non-hydrogen) atoms. The maximum atomic E-state index is 12.5. The maximum Gasteiger partial charge on any atom is 0.414 e. The number of hydrogen-bond acceptors (Lipinski definition) is 8. The largest absolute Gasteiger partial charge is 0.491 e. The molecular weight excluding hydrogens is 496 g/mol. The van der Waals surface area contributed by atoms with E-state index in [2.05, 4.69) is 5.10 Å². The molecule has 1 aliphatic heterocycles. The number of nitrogens with zero attached hydrogens (tertiary/aromatic N) is 4. The third kappa shape index (κ3) is 6.53. The second-order valence-electron chi connectivity index (χ2n) is 8.72. The van der Waals surface area contributed by atoms with E-state index < -0.39 is 26.0 Å². The number of carbonyl (C=O) groups is 1. The summed E-state index contributed by atoms with van der Waals surface area (Å²) in [5.41, 5.74) is 2.93. The normalized spacial score (nSPS) is 16.3. The van der Waals surface area contributed by atoms with Crippen LogP contribution in [0.2, 0.25) is 0 Å². The molecule has 0 N–H and O–H groups in total. The smallest absolute Gasteiger partial charge is 0.414 e. The summed E-state index contributed by atoms with van der Waals surface area (Å²) in [6.45, 7) is 2.41. The summed E-state index contributed by atoms with van der Waals surface area (Å²) in [5.74, 6) is 0.499. The lowest BCUT2D eigenvalue weighted by Gasteiger charge is -2.35. The maximum absolute atomic E-state index is 12.5. The van der Waals surface area contributed by atoms with Crippen molar-refractivity contribution in [1.29, 1.82) is 0 Å². The Balaban J connectivity index is 2.00. The number of anilines is 1. The van der Waals surface area contributed by atoms with Crippen LogP contribution in [-0.2, 0) is 37.6 Å². The molecule has 0 saturated heterocycles. The van der Waals surface area contributed by atoms with Crippen LogP contribution in [0, 0.1) is 0 Å². The Morgan fingerprint density at radius 2 is 1.94 bits per heavy atom. The van der Waals surface area contributed by atoms with Crippen molar-refractivity contribution >= 4 is 31.6 Å². The van der Waals surface area contributed by atoms with Gasteiger partial charge in [0.15, 0.2) is 0 Å². The molecule has 0 radical (unpaired) electrons. The molecular formula is C22H32N4O7S2. The second-order valence-corrected chi connectivity index (χ2v) is 13.1.